The Morgan fingerprint density at radius 2 is 1.81 bits per heavy atom. The van der Waals surface area contributed by atoms with Gasteiger partial charge in [0, 0.05) is 16.1 Å². The van der Waals surface area contributed by atoms with Gasteiger partial charge >= 0.3 is 0 Å². The van der Waals surface area contributed by atoms with E-state index < -0.39 is 17.7 Å². The zero-order valence-corrected chi connectivity index (χ0v) is 12.8. The van der Waals surface area contributed by atoms with Crippen LogP contribution in [0.4, 0.5) is 8.78 Å². The number of rotatable bonds is 4. The topological polar surface area (TPSA) is 21.3 Å². The van der Waals surface area contributed by atoms with Crippen molar-refractivity contribution in [3.05, 3.63) is 63.7 Å². The van der Waals surface area contributed by atoms with Gasteiger partial charge in [-0.1, -0.05) is 17.7 Å². The van der Waals surface area contributed by atoms with Gasteiger partial charge in [-0.25, -0.2) is 8.78 Å². The average Bonchev–Trinajstić information content (AvgIpc) is 2.46. The molecule has 2 rings (SSSR count). The van der Waals surface area contributed by atoms with E-state index in [4.69, 9.17) is 16.3 Å². The van der Waals surface area contributed by atoms with Gasteiger partial charge in [-0.3, -0.25) is 0 Å². The molecule has 21 heavy (non-hydrogen) atoms. The maximum absolute atomic E-state index is 14.2. The zero-order chi connectivity index (χ0) is 15.6. The van der Waals surface area contributed by atoms with E-state index in [-0.39, 0.29) is 11.1 Å². The molecule has 0 heterocycles. The average molecular weight is 312 g/mol. The molecule has 0 aliphatic rings. The SMILES string of the molecule is CNC(c1cc(F)c(C)cc1F)c1ccc(Cl)cc1OC. The van der Waals surface area contributed by atoms with E-state index in [1.165, 1.54) is 26.2 Å². The highest BCUT2D eigenvalue weighted by Crippen LogP contribution is 2.33. The van der Waals surface area contributed by atoms with E-state index in [1.54, 1.807) is 25.2 Å². The molecule has 0 amide bonds. The van der Waals surface area contributed by atoms with Crippen molar-refractivity contribution in [3.63, 3.8) is 0 Å². The second-order valence-corrected chi connectivity index (χ2v) is 5.17. The number of nitrogens with one attached hydrogen (secondary N) is 1. The molecule has 1 atom stereocenters. The highest BCUT2D eigenvalue weighted by molar-refractivity contribution is 6.30. The second-order valence-electron chi connectivity index (χ2n) is 4.73. The molecule has 5 heteroatoms. The van der Waals surface area contributed by atoms with E-state index >= 15 is 0 Å². The van der Waals surface area contributed by atoms with Gasteiger partial charge in [-0.15, -0.1) is 0 Å². The number of ether oxygens (including phenoxy) is 1. The van der Waals surface area contributed by atoms with Crippen LogP contribution in [0, 0.1) is 18.6 Å². The Bertz CT molecular complexity index is 661. The predicted octanol–water partition coefficient (Wildman–Crippen LogP) is 4.24. The van der Waals surface area contributed by atoms with Crippen molar-refractivity contribution < 1.29 is 13.5 Å². The van der Waals surface area contributed by atoms with E-state index in [0.29, 0.717) is 16.3 Å². The van der Waals surface area contributed by atoms with Crippen molar-refractivity contribution in [1.82, 2.24) is 5.32 Å². The molecule has 112 valence electrons. The van der Waals surface area contributed by atoms with Gasteiger partial charge in [0.2, 0.25) is 0 Å². The summed E-state index contributed by atoms with van der Waals surface area (Å²) in [4.78, 5) is 0. The van der Waals surface area contributed by atoms with Gasteiger partial charge in [-0.2, -0.15) is 0 Å². The van der Waals surface area contributed by atoms with Crippen LogP contribution in [0.5, 0.6) is 5.75 Å². The van der Waals surface area contributed by atoms with Gasteiger partial charge in [0.1, 0.15) is 17.4 Å². The van der Waals surface area contributed by atoms with Gasteiger partial charge in [0.25, 0.3) is 0 Å². The molecule has 0 spiro atoms. The first kappa shape index (κ1) is 15.7. The lowest BCUT2D eigenvalue weighted by molar-refractivity contribution is 0.404. The van der Waals surface area contributed by atoms with Crippen molar-refractivity contribution in [3.8, 4) is 5.75 Å². The minimum Gasteiger partial charge on any atom is -0.496 e. The minimum absolute atomic E-state index is 0.223. The van der Waals surface area contributed by atoms with E-state index in [1.807, 2.05) is 0 Å². The third-order valence-electron chi connectivity index (χ3n) is 3.38. The van der Waals surface area contributed by atoms with Crippen LogP contribution in [0.25, 0.3) is 0 Å². The number of benzene rings is 2. The summed E-state index contributed by atoms with van der Waals surface area (Å²) in [5.74, 6) is -0.396. The summed E-state index contributed by atoms with van der Waals surface area (Å²) in [5, 5.41) is 3.50. The summed E-state index contributed by atoms with van der Waals surface area (Å²) in [7, 11) is 3.18. The van der Waals surface area contributed by atoms with E-state index in [9.17, 15) is 8.78 Å². The number of halogens is 3. The first-order chi connectivity index (χ1) is 9.97. The third kappa shape index (κ3) is 3.17. The number of aryl methyl sites for hydroxylation is 1. The Hall–Kier alpha value is -1.65. The number of hydrogen-bond donors (Lipinski definition) is 1. The summed E-state index contributed by atoms with van der Waals surface area (Å²) < 4.78 is 33.2. The molecule has 2 nitrogen and oxygen atoms in total. The zero-order valence-electron chi connectivity index (χ0n) is 12.0. The molecule has 1 N–H and O–H groups in total. The Morgan fingerprint density at radius 3 is 2.43 bits per heavy atom. The van der Waals surface area contributed by atoms with Crippen LogP contribution in [0.2, 0.25) is 5.02 Å². The Morgan fingerprint density at radius 1 is 1.10 bits per heavy atom. The van der Waals surface area contributed by atoms with Crippen molar-refractivity contribution in [1.29, 1.82) is 0 Å². The molecule has 0 aliphatic carbocycles. The largest absolute Gasteiger partial charge is 0.496 e. The second kappa shape index (κ2) is 6.41. The van der Waals surface area contributed by atoms with Crippen molar-refractivity contribution in [2.75, 3.05) is 14.2 Å². The number of methoxy groups -OCH3 is 1. The third-order valence-corrected chi connectivity index (χ3v) is 3.62. The standard InChI is InChI=1S/C16H16ClF2NO/c1-9-6-14(19)12(8-13(9)18)16(20-2)11-5-4-10(17)7-15(11)21-3/h4-8,16,20H,1-3H3. The normalized spacial score (nSPS) is 12.3. The molecule has 0 aliphatic heterocycles. The first-order valence-electron chi connectivity index (χ1n) is 6.44. The van der Waals surface area contributed by atoms with Crippen LogP contribution in [-0.4, -0.2) is 14.2 Å². The molecule has 0 aromatic heterocycles. The van der Waals surface area contributed by atoms with Gasteiger partial charge in [0.15, 0.2) is 0 Å². The molecule has 0 saturated carbocycles. The Labute approximate surface area is 127 Å². The number of hydrogen-bond acceptors (Lipinski definition) is 2. The quantitative estimate of drug-likeness (QED) is 0.911. The minimum atomic E-state index is -0.535. The van der Waals surface area contributed by atoms with Crippen molar-refractivity contribution >= 4 is 11.6 Å². The first-order valence-corrected chi connectivity index (χ1v) is 6.82. The molecular weight excluding hydrogens is 296 g/mol. The summed E-state index contributed by atoms with van der Waals surface area (Å²) in [6, 6.07) is 6.93. The van der Waals surface area contributed by atoms with Crippen LogP contribution in [0.1, 0.15) is 22.7 Å². The summed E-state index contributed by atoms with van der Waals surface area (Å²) in [5.41, 5.74) is 1.18. The fourth-order valence-corrected chi connectivity index (χ4v) is 2.45. The summed E-state index contributed by atoms with van der Waals surface area (Å²) in [6.45, 7) is 1.53. The summed E-state index contributed by atoms with van der Waals surface area (Å²) >= 11 is 5.93. The molecule has 0 fully saturated rings. The predicted molar refractivity (Wildman–Crippen MR) is 80.0 cm³/mol. The molecule has 0 bridgehead atoms. The fraction of sp³-hybridized carbons (Fsp3) is 0.250. The van der Waals surface area contributed by atoms with Gasteiger partial charge in [-0.05, 0) is 43.8 Å². The lowest BCUT2D eigenvalue weighted by Crippen LogP contribution is -2.20. The van der Waals surface area contributed by atoms with Crippen LogP contribution in [-0.2, 0) is 0 Å². The van der Waals surface area contributed by atoms with Gasteiger partial charge < -0.3 is 10.1 Å². The van der Waals surface area contributed by atoms with E-state index in [0.717, 1.165) is 0 Å². The highest BCUT2D eigenvalue weighted by atomic mass is 35.5. The lowest BCUT2D eigenvalue weighted by atomic mass is 9.96. The Kier molecular flexibility index (Phi) is 4.80. The molecule has 2 aromatic rings. The van der Waals surface area contributed by atoms with Crippen molar-refractivity contribution in [2.24, 2.45) is 0 Å². The van der Waals surface area contributed by atoms with Crippen LogP contribution < -0.4 is 10.1 Å². The molecular formula is C16H16ClF2NO. The Balaban J connectivity index is 2.57. The lowest BCUT2D eigenvalue weighted by Gasteiger charge is -2.21. The monoisotopic (exact) mass is 311 g/mol. The van der Waals surface area contributed by atoms with Crippen LogP contribution in [0.3, 0.4) is 0 Å². The fourth-order valence-electron chi connectivity index (χ4n) is 2.28. The molecule has 1 unspecified atom stereocenters. The molecule has 0 radical (unpaired) electrons. The van der Waals surface area contributed by atoms with Crippen LogP contribution in [0.15, 0.2) is 30.3 Å². The molecule has 2 aromatic carbocycles. The smallest absolute Gasteiger partial charge is 0.128 e. The van der Waals surface area contributed by atoms with E-state index in [2.05, 4.69) is 5.32 Å². The maximum Gasteiger partial charge on any atom is 0.128 e. The maximum atomic E-state index is 14.2. The highest BCUT2D eigenvalue weighted by Gasteiger charge is 2.21. The van der Waals surface area contributed by atoms with Gasteiger partial charge in [0.05, 0.1) is 13.2 Å². The van der Waals surface area contributed by atoms with Crippen LogP contribution >= 0.6 is 11.6 Å². The summed E-state index contributed by atoms with van der Waals surface area (Å²) in [6.07, 6.45) is 0. The molecule has 0 saturated heterocycles. The van der Waals surface area contributed by atoms with Crippen molar-refractivity contribution in [2.45, 2.75) is 13.0 Å².